The monoisotopic (exact) mass is 158 g/mol. The number of nitroso groups, excluding NO2 is 1. The van der Waals surface area contributed by atoms with E-state index in [0.29, 0.717) is 6.04 Å². The minimum Gasteiger partial charge on any atom is -0.330 e. The van der Waals surface area contributed by atoms with Crippen LogP contribution in [-0.4, -0.2) is 37.2 Å². The molecule has 1 N–H and O–H groups in total. The highest BCUT2D eigenvalue weighted by Crippen LogP contribution is 1.88. The molecule has 0 spiro atoms. The number of piperazine rings is 1. The van der Waals surface area contributed by atoms with Gasteiger partial charge >= 0.3 is 0 Å². The quantitative estimate of drug-likeness (QED) is 0.538. The van der Waals surface area contributed by atoms with Gasteiger partial charge in [-0.05, 0) is 13.8 Å². The van der Waals surface area contributed by atoms with E-state index in [1.165, 1.54) is 0 Å². The van der Waals surface area contributed by atoms with Gasteiger partial charge in [0, 0.05) is 0 Å². The van der Waals surface area contributed by atoms with Crippen LogP contribution in [0.25, 0.3) is 0 Å². The highest BCUT2D eigenvalue weighted by Gasteiger charge is 2.21. The fourth-order valence-electron chi connectivity index (χ4n) is 1.44. The molecule has 0 saturated carbocycles. The molecule has 0 aliphatic carbocycles. The van der Waals surface area contributed by atoms with Crippen LogP contribution in [0.1, 0.15) is 13.8 Å². The van der Waals surface area contributed by atoms with Crippen LogP contribution in [0.4, 0.5) is 0 Å². The molecule has 1 rings (SSSR count). The van der Waals surface area contributed by atoms with E-state index < -0.39 is 0 Å². The second-order valence-corrected chi connectivity index (χ2v) is 3.35. The normalized spacial score (nSPS) is 20.8. The molecule has 1 fully saturated rings. The smallest absolute Gasteiger partial charge is 0.0969 e. The largest absolute Gasteiger partial charge is 0.330 e. The first-order valence-electron chi connectivity index (χ1n) is 4.17. The third kappa shape index (κ3) is 2.15. The van der Waals surface area contributed by atoms with Crippen LogP contribution in [-0.2, 0) is 0 Å². The van der Waals surface area contributed by atoms with Crippen molar-refractivity contribution in [3.8, 4) is 0 Å². The molecule has 0 aromatic heterocycles. The fourth-order valence-corrected chi connectivity index (χ4v) is 1.44. The molecule has 1 saturated heterocycles. The molecule has 0 amide bonds. The zero-order valence-electron chi connectivity index (χ0n) is 7.21. The van der Waals surface area contributed by atoms with Gasteiger partial charge in [-0.15, -0.1) is 4.91 Å². The van der Waals surface area contributed by atoms with Gasteiger partial charge < -0.3 is 4.90 Å². The zero-order chi connectivity index (χ0) is 8.27. The maximum Gasteiger partial charge on any atom is 0.0969 e. The molecule has 0 atom stereocenters. The third-order valence-corrected chi connectivity index (χ3v) is 2.31. The fraction of sp³-hybridized carbons (Fsp3) is 1.00. The Bertz CT molecular complexity index is 130. The molecule has 0 radical (unpaired) electrons. The van der Waals surface area contributed by atoms with Crippen molar-refractivity contribution in [3.63, 3.8) is 0 Å². The van der Waals surface area contributed by atoms with E-state index in [1.807, 2.05) is 0 Å². The van der Waals surface area contributed by atoms with Gasteiger partial charge in [0.15, 0.2) is 0 Å². The SMILES string of the molecule is CC(C)[NH+]1CCN(N=O)CC1. The summed E-state index contributed by atoms with van der Waals surface area (Å²) in [5.74, 6) is 0. The molecule has 0 aromatic rings. The summed E-state index contributed by atoms with van der Waals surface area (Å²) in [7, 11) is 0. The Labute approximate surface area is 67.1 Å². The molecule has 1 heterocycles. The van der Waals surface area contributed by atoms with Crippen molar-refractivity contribution in [2.24, 2.45) is 5.29 Å². The van der Waals surface area contributed by atoms with E-state index in [0.717, 1.165) is 26.2 Å². The van der Waals surface area contributed by atoms with E-state index in [1.54, 1.807) is 9.91 Å². The maximum atomic E-state index is 10.1. The molecular formula is C7H16N3O+. The van der Waals surface area contributed by atoms with E-state index in [4.69, 9.17) is 0 Å². The summed E-state index contributed by atoms with van der Waals surface area (Å²) in [6, 6.07) is 0.670. The third-order valence-electron chi connectivity index (χ3n) is 2.31. The van der Waals surface area contributed by atoms with Crippen molar-refractivity contribution in [2.75, 3.05) is 26.2 Å². The van der Waals surface area contributed by atoms with Crippen LogP contribution in [0.2, 0.25) is 0 Å². The molecule has 0 aromatic carbocycles. The van der Waals surface area contributed by atoms with Crippen molar-refractivity contribution in [3.05, 3.63) is 4.91 Å². The molecule has 4 nitrogen and oxygen atoms in total. The molecule has 4 heteroatoms. The van der Waals surface area contributed by atoms with Crippen LogP contribution in [0.3, 0.4) is 0 Å². The molecule has 1 aliphatic rings. The molecule has 0 unspecified atom stereocenters. The van der Waals surface area contributed by atoms with Crippen LogP contribution in [0.15, 0.2) is 5.29 Å². The number of nitrogens with zero attached hydrogens (tertiary/aromatic N) is 2. The predicted octanol–water partition coefficient (Wildman–Crippen LogP) is -0.723. The highest BCUT2D eigenvalue weighted by molar-refractivity contribution is 4.55. The predicted molar refractivity (Wildman–Crippen MR) is 43.2 cm³/mol. The van der Waals surface area contributed by atoms with Crippen LogP contribution in [0.5, 0.6) is 0 Å². The molecule has 11 heavy (non-hydrogen) atoms. The Morgan fingerprint density at radius 2 is 1.91 bits per heavy atom. The number of quaternary nitrogens is 1. The molecule has 1 aliphatic heterocycles. The summed E-state index contributed by atoms with van der Waals surface area (Å²) in [5.41, 5.74) is 0. The van der Waals surface area contributed by atoms with Gasteiger partial charge in [0.25, 0.3) is 0 Å². The second-order valence-electron chi connectivity index (χ2n) is 3.35. The van der Waals surface area contributed by atoms with Crippen LogP contribution in [0, 0.1) is 4.91 Å². The lowest BCUT2D eigenvalue weighted by molar-refractivity contribution is -0.925. The summed E-state index contributed by atoms with van der Waals surface area (Å²) in [6.07, 6.45) is 0. The Morgan fingerprint density at radius 3 is 2.27 bits per heavy atom. The summed E-state index contributed by atoms with van der Waals surface area (Å²) in [5, 5.41) is 4.51. The first kappa shape index (κ1) is 8.46. The first-order chi connectivity index (χ1) is 5.24. The minimum absolute atomic E-state index is 0.670. The number of hydrogen-bond acceptors (Lipinski definition) is 2. The van der Waals surface area contributed by atoms with Gasteiger partial charge in [-0.3, -0.25) is 0 Å². The Kier molecular flexibility index (Phi) is 2.82. The van der Waals surface area contributed by atoms with Gasteiger partial charge in [0.05, 0.1) is 37.5 Å². The lowest BCUT2D eigenvalue weighted by Crippen LogP contribution is -3.17. The summed E-state index contributed by atoms with van der Waals surface area (Å²) >= 11 is 0. The Balaban J connectivity index is 2.29. The Hall–Kier alpha value is -0.640. The summed E-state index contributed by atoms with van der Waals surface area (Å²) in [4.78, 5) is 11.7. The minimum atomic E-state index is 0.670. The standard InChI is InChI=1S/C7H15N3O/c1-7(2)9-3-5-10(8-11)6-4-9/h7H,3-6H2,1-2H3/p+1. The van der Waals surface area contributed by atoms with Crippen molar-refractivity contribution in [2.45, 2.75) is 19.9 Å². The highest BCUT2D eigenvalue weighted by atomic mass is 16.3. The molecular weight excluding hydrogens is 142 g/mol. The van der Waals surface area contributed by atoms with Crippen LogP contribution >= 0.6 is 0 Å². The van der Waals surface area contributed by atoms with Gasteiger partial charge in [0.2, 0.25) is 0 Å². The van der Waals surface area contributed by atoms with Gasteiger partial charge in [-0.2, -0.15) is 0 Å². The van der Waals surface area contributed by atoms with E-state index in [2.05, 4.69) is 19.1 Å². The summed E-state index contributed by atoms with van der Waals surface area (Å²) < 4.78 is 0. The van der Waals surface area contributed by atoms with Crippen molar-refractivity contribution in [1.29, 1.82) is 0 Å². The Morgan fingerprint density at radius 1 is 1.36 bits per heavy atom. The number of nitrogens with one attached hydrogen (secondary N) is 1. The summed E-state index contributed by atoms with van der Waals surface area (Å²) in [6.45, 7) is 8.14. The maximum absolute atomic E-state index is 10.1. The molecule has 0 bridgehead atoms. The van der Waals surface area contributed by atoms with Crippen molar-refractivity contribution in [1.82, 2.24) is 5.01 Å². The lowest BCUT2D eigenvalue weighted by Gasteiger charge is -2.30. The number of hydrogen-bond donors (Lipinski definition) is 1. The van der Waals surface area contributed by atoms with E-state index >= 15 is 0 Å². The van der Waals surface area contributed by atoms with Crippen LogP contribution < -0.4 is 4.90 Å². The topological polar surface area (TPSA) is 37.1 Å². The lowest BCUT2D eigenvalue weighted by atomic mass is 10.2. The average molecular weight is 158 g/mol. The van der Waals surface area contributed by atoms with E-state index in [9.17, 15) is 4.91 Å². The molecule has 64 valence electrons. The van der Waals surface area contributed by atoms with Gasteiger partial charge in [0.1, 0.15) is 0 Å². The first-order valence-corrected chi connectivity index (χ1v) is 4.17. The van der Waals surface area contributed by atoms with Gasteiger partial charge in [-0.25, -0.2) is 5.01 Å². The van der Waals surface area contributed by atoms with Crippen molar-refractivity contribution < 1.29 is 4.90 Å². The van der Waals surface area contributed by atoms with E-state index in [-0.39, 0.29) is 0 Å². The zero-order valence-corrected chi connectivity index (χ0v) is 7.21. The van der Waals surface area contributed by atoms with Crippen molar-refractivity contribution >= 4 is 0 Å². The second kappa shape index (κ2) is 3.67. The van der Waals surface area contributed by atoms with Gasteiger partial charge in [-0.1, -0.05) is 0 Å². The number of rotatable bonds is 2. The average Bonchev–Trinajstić information content (AvgIpc) is 2.05.